The van der Waals surface area contributed by atoms with Crippen LogP contribution in [0.3, 0.4) is 0 Å². The van der Waals surface area contributed by atoms with E-state index in [1.54, 1.807) is 25.1 Å². The van der Waals surface area contributed by atoms with E-state index in [1.165, 1.54) is 0 Å². The first-order chi connectivity index (χ1) is 8.70. The lowest BCUT2D eigenvalue weighted by atomic mass is 10.1. The van der Waals surface area contributed by atoms with Gasteiger partial charge in [-0.15, -0.1) is 0 Å². The smallest absolute Gasteiger partial charge is 0.181 e. The summed E-state index contributed by atoms with van der Waals surface area (Å²) in [6.07, 6.45) is 1.48. The van der Waals surface area contributed by atoms with Crippen molar-refractivity contribution < 1.29 is 13.2 Å². The molecule has 1 saturated heterocycles. The number of anilines is 1. The fourth-order valence-corrected chi connectivity index (χ4v) is 4.28. The van der Waals surface area contributed by atoms with Crippen molar-refractivity contribution in [3.63, 3.8) is 0 Å². The molecule has 0 amide bonds. The average molecular weight is 283 g/mol. The lowest BCUT2D eigenvalue weighted by Crippen LogP contribution is -2.25. The van der Waals surface area contributed by atoms with Gasteiger partial charge in [0.1, 0.15) is 0 Å². The van der Waals surface area contributed by atoms with E-state index in [-0.39, 0.29) is 17.5 Å². The maximum atomic E-state index is 12.4. The van der Waals surface area contributed by atoms with Crippen LogP contribution in [0.2, 0.25) is 0 Å². The third-order valence-corrected chi connectivity index (χ3v) is 5.43. The van der Waals surface area contributed by atoms with Crippen LogP contribution in [0.15, 0.2) is 23.1 Å². The Labute approximate surface area is 114 Å². The molecule has 1 aromatic rings. The SMILES string of the molecule is Cc1cc(N)ccc1S(=O)(=O)CC1CCC(C)(C)O1. The largest absolute Gasteiger partial charge is 0.399 e. The van der Waals surface area contributed by atoms with Gasteiger partial charge in [-0.2, -0.15) is 0 Å². The predicted molar refractivity (Wildman–Crippen MR) is 75.8 cm³/mol. The van der Waals surface area contributed by atoms with E-state index in [9.17, 15) is 8.42 Å². The van der Waals surface area contributed by atoms with Crippen LogP contribution in [0.4, 0.5) is 5.69 Å². The molecule has 0 aromatic heterocycles. The molecule has 0 radical (unpaired) electrons. The molecular formula is C14H21NO3S. The zero-order valence-electron chi connectivity index (χ0n) is 11.6. The average Bonchev–Trinajstić information content (AvgIpc) is 2.56. The minimum Gasteiger partial charge on any atom is -0.399 e. The highest BCUT2D eigenvalue weighted by Gasteiger charge is 2.35. The molecule has 4 nitrogen and oxygen atoms in total. The number of hydrogen-bond donors (Lipinski definition) is 1. The first-order valence-electron chi connectivity index (χ1n) is 6.46. The molecule has 1 aliphatic rings. The Kier molecular flexibility index (Phi) is 3.62. The number of benzene rings is 1. The van der Waals surface area contributed by atoms with Crippen LogP contribution in [0.1, 0.15) is 32.3 Å². The number of sulfone groups is 1. The predicted octanol–water partition coefficient (Wildman–Crippen LogP) is 2.31. The first-order valence-corrected chi connectivity index (χ1v) is 8.11. The number of rotatable bonds is 3. The quantitative estimate of drug-likeness (QED) is 0.864. The molecule has 2 N–H and O–H groups in total. The lowest BCUT2D eigenvalue weighted by Gasteiger charge is -2.19. The highest BCUT2D eigenvalue weighted by Crippen LogP contribution is 2.31. The summed E-state index contributed by atoms with van der Waals surface area (Å²) in [7, 11) is -3.32. The molecule has 1 unspecified atom stereocenters. The van der Waals surface area contributed by atoms with Crippen LogP contribution in [0, 0.1) is 6.92 Å². The number of hydrogen-bond acceptors (Lipinski definition) is 4. The molecule has 106 valence electrons. The summed E-state index contributed by atoms with van der Waals surface area (Å²) in [5.41, 5.74) is 6.71. The standard InChI is InChI=1S/C14H21NO3S/c1-10-8-11(15)4-5-13(10)19(16,17)9-12-6-7-14(2,3)18-12/h4-5,8,12H,6-7,9,15H2,1-3H3. The van der Waals surface area contributed by atoms with E-state index < -0.39 is 9.84 Å². The summed E-state index contributed by atoms with van der Waals surface area (Å²) in [5.74, 6) is 0.0428. The van der Waals surface area contributed by atoms with Crippen molar-refractivity contribution in [3.05, 3.63) is 23.8 Å². The van der Waals surface area contributed by atoms with Crippen LogP contribution < -0.4 is 5.73 Å². The molecule has 5 heteroatoms. The summed E-state index contributed by atoms with van der Waals surface area (Å²) >= 11 is 0. The minimum atomic E-state index is -3.32. The van der Waals surface area contributed by atoms with Crippen molar-refractivity contribution in [2.24, 2.45) is 0 Å². The Morgan fingerprint density at radius 2 is 2.11 bits per heavy atom. The van der Waals surface area contributed by atoms with Crippen molar-refractivity contribution in [2.75, 3.05) is 11.5 Å². The summed E-state index contributed by atoms with van der Waals surface area (Å²) in [6.45, 7) is 5.75. The number of nitrogen functional groups attached to an aromatic ring is 1. The van der Waals surface area contributed by atoms with Gasteiger partial charge >= 0.3 is 0 Å². The van der Waals surface area contributed by atoms with E-state index in [0.29, 0.717) is 16.1 Å². The highest BCUT2D eigenvalue weighted by atomic mass is 32.2. The second kappa shape index (κ2) is 4.80. The Balaban J connectivity index is 2.19. The Bertz CT molecular complexity index is 578. The fourth-order valence-electron chi connectivity index (χ4n) is 2.55. The first kappa shape index (κ1) is 14.3. The molecule has 1 heterocycles. The van der Waals surface area contributed by atoms with Crippen LogP contribution in [0.5, 0.6) is 0 Å². The molecule has 2 rings (SSSR count). The van der Waals surface area contributed by atoms with Gasteiger partial charge in [0.25, 0.3) is 0 Å². The molecule has 1 atom stereocenters. The van der Waals surface area contributed by atoms with E-state index in [2.05, 4.69) is 0 Å². The Morgan fingerprint density at radius 3 is 2.63 bits per heavy atom. The number of ether oxygens (including phenoxy) is 1. The van der Waals surface area contributed by atoms with Gasteiger partial charge in [0, 0.05) is 5.69 Å². The Hall–Kier alpha value is -1.07. The van der Waals surface area contributed by atoms with Crippen molar-refractivity contribution in [1.29, 1.82) is 0 Å². The summed E-state index contributed by atoms with van der Waals surface area (Å²) in [5, 5.41) is 0. The van der Waals surface area contributed by atoms with Crippen molar-refractivity contribution in [1.82, 2.24) is 0 Å². The number of aryl methyl sites for hydroxylation is 1. The van der Waals surface area contributed by atoms with Crippen LogP contribution in [-0.4, -0.2) is 25.9 Å². The molecule has 1 fully saturated rings. The van der Waals surface area contributed by atoms with E-state index in [4.69, 9.17) is 10.5 Å². The van der Waals surface area contributed by atoms with Crippen LogP contribution in [0.25, 0.3) is 0 Å². The zero-order valence-corrected chi connectivity index (χ0v) is 12.5. The molecule has 0 aliphatic carbocycles. The van der Waals surface area contributed by atoms with Gasteiger partial charge < -0.3 is 10.5 Å². The minimum absolute atomic E-state index is 0.0428. The van der Waals surface area contributed by atoms with Gasteiger partial charge in [-0.3, -0.25) is 0 Å². The van der Waals surface area contributed by atoms with E-state index in [0.717, 1.165) is 12.8 Å². The molecule has 0 bridgehead atoms. The molecule has 0 spiro atoms. The van der Waals surface area contributed by atoms with Crippen molar-refractivity contribution in [2.45, 2.75) is 50.2 Å². The third-order valence-electron chi connectivity index (χ3n) is 3.49. The van der Waals surface area contributed by atoms with Crippen molar-refractivity contribution >= 4 is 15.5 Å². The van der Waals surface area contributed by atoms with E-state index in [1.807, 2.05) is 13.8 Å². The zero-order chi connectivity index (χ0) is 14.3. The third kappa shape index (κ3) is 3.28. The second-order valence-electron chi connectivity index (χ2n) is 5.84. The lowest BCUT2D eigenvalue weighted by molar-refractivity contribution is -0.00527. The van der Waals surface area contributed by atoms with Gasteiger partial charge in [-0.05, 0) is 57.4 Å². The molecule has 0 saturated carbocycles. The second-order valence-corrected chi connectivity index (χ2v) is 7.85. The van der Waals surface area contributed by atoms with Gasteiger partial charge in [0.15, 0.2) is 9.84 Å². The molecule has 1 aliphatic heterocycles. The van der Waals surface area contributed by atoms with Gasteiger partial charge in [-0.25, -0.2) is 8.42 Å². The van der Waals surface area contributed by atoms with Crippen LogP contribution in [-0.2, 0) is 14.6 Å². The maximum absolute atomic E-state index is 12.4. The molecule has 1 aromatic carbocycles. The molecule has 19 heavy (non-hydrogen) atoms. The van der Waals surface area contributed by atoms with Gasteiger partial charge in [0.05, 0.1) is 22.4 Å². The Morgan fingerprint density at radius 1 is 1.42 bits per heavy atom. The maximum Gasteiger partial charge on any atom is 0.181 e. The van der Waals surface area contributed by atoms with E-state index >= 15 is 0 Å². The normalized spacial score (nSPS) is 22.6. The fraction of sp³-hybridized carbons (Fsp3) is 0.571. The van der Waals surface area contributed by atoms with Crippen LogP contribution >= 0.6 is 0 Å². The van der Waals surface area contributed by atoms with Gasteiger partial charge in [0.2, 0.25) is 0 Å². The molecular weight excluding hydrogens is 262 g/mol. The summed E-state index contributed by atoms with van der Waals surface area (Å²) in [4.78, 5) is 0.356. The summed E-state index contributed by atoms with van der Waals surface area (Å²) < 4.78 is 30.6. The monoisotopic (exact) mass is 283 g/mol. The number of nitrogens with two attached hydrogens (primary N) is 1. The van der Waals surface area contributed by atoms with Crippen molar-refractivity contribution in [3.8, 4) is 0 Å². The van der Waals surface area contributed by atoms with Gasteiger partial charge in [-0.1, -0.05) is 0 Å². The summed E-state index contributed by atoms with van der Waals surface area (Å²) in [6, 6.07) is 4.89. The highest BCUT2D eigenvalue weighted by molar-refractivity contribution is 7.91. The topological polar surface area (TPSA) is 69.4 Å².